The van der Waals surface area contributed by atoms with Crippen LogP contribution in [0.4, 0.5) is 11.4 Å². The number of hydrogen-bond acceptors (Lipinski definition) is 5. The molecular formula is C21H25N3O4. The Morgan fingerprint density at radius 1 is 1.04 bits per heavy atom. The van der Waals surface area contributed by atoms with Crippen LogP contribution in [0.1, 0.15) is 40.1 Å². The average molecular weight is 383 g/mol. The number of amides is 2. The lowest BCUT2D eigenvalue weighted by molar-refractivity contribution is -0.114. The van der Waals surface area contributed by atoms with Crippen molar-refractivity contribution in [3.05, 3.63) is 59.2 Å². The van der Waals surface area contributed by atoms with Crippen LogP contribution in [0.25, 0.3) is 0 Å². The van der Waals surface area contributed by atoms with E-state index < -0.39 is 5.97 Å². The lowest BCUT2D eigenvalue weighted by Gasteiger charge is -2.14. The summed E-state index contributed by atoms with van der Waals surface area (Å²) in [6.07, 6.45) is 0. The van der Waals surface area contributed by atoms with Crippen molar-refractivity contribution in [3.63, 3.8) is 0 Å². The number of carbonyl (C=O) groups excluding carboxylic acids is 3. The van der Waals surface area contributed by atoms with E-state index in [0.717, 1.165) is 11.3 Å². The molecule has 0 fully saturated rings. The summed E-state index contributed by atoms with van der Waals surface area (Å²) >= 11 is 0. The first-order chi connectivity index (χ1) is 13.3. The normalized spacial score (nSPS) is 10.3. The van der Waals surface area contributed by atoms with Crippen molar-refractivity contribution in [2.75, 3.05) is 24.3 Å². The first-order valence-electron chi connectivity index (χ1n) is 8.94. The maximum absolute atomic E-state index is 12.3. The van der Waals surface area contributed by atoms with Crippen LogP contribution in [-0.2, 0) is 9.53 Å². The van der Waals surface area contributed by atoms with Crippen molar-refractivity contribution in [1.29, 1.82) is 0 Å². The lowest BCUT2D eigenvalue weighted by Crippen LogP contribution is -2.31. The number of anilines is 2. The van der Waals surface area contributed by atoms with Gasteiger partial charge in [-0.15, -0.1) is 0 Å². The molecule has 3 N–H and O–H groups in total. The number of aryl methyl sites for hydroxylation is 1. The summed E-state index contributed by atoms with van der Waals surface area (Å²) in [4.78, 5) is 36.2. The van der Waals surface area contributed by atoms with Gasteiger partial charge in [-0.25, -0.2) is 4.79 Å². The SMILES string of the molecule is COC(=O)c1ccc(NCC(=O)Nc2ccccc2C(=O)NC(C)C)c(C)c1. The molecule has 2 aromatic carbocycles. The second kappa shape index (κ2) is 9.55. The first-order valence-corrected chi connectivity index (χ1v) is 8.94. The zero-order valence-corrected chi connectivity index (χ0v) is 16.5. The van der Waals surface area contributed by atoms with Gasteiger partial charge in [-0.3, -0.25) is 9.59 Å². The summed E-state index contributed by atoms with van der Waals surface area (Å²) in [5, 5.41) is 8.60. The van der Waals surface area contributed by atoms with Gasteiger partial charge < -0.3 is 20.7 Å². The Kier molecular flexibility index (Phi) is 7.14. The van der Waals surface area contributed by atoms with Gasteiger partial charge in [-0.05, 0) is 56.7 Å². The Balaban J connectivity index is 2.02. The molecule has 2 amide bonds. The molecule has 28 heavy (non-hydrogen) atoms. The molecule has 0 heterocycles. The first kappa shape index (κ1) is 21.0. The molecule has 2 rings (SSSR count). The maximum atomic E-state index is 12.3. The number of hydrogen-bond donors (Lipinski definition) is 3. The van der Waals surface area contributed by atoms with Crippen molar-refractivity contribution in [3.8, 4) is 0 Å². The predicted molar refractivity (Wildman–Crippen MR) is 109 cm³/mol. The predicted octanol–water partition coefficient (Wildman–Crippen LogP) is 2.97. The van der Waals surface area contributed by atoms with Crippen LogP contribution in [0.15, 0.2) is 42.5 Å². The zero-order valence-electron chi connectivity index (χ0n) is 16.5. The van der Waals surface area contributed by atoms with Crippen LogP contribution in [-0.4, -0.2) is 37.5 Å². The van der Waals surface area contributed by atoms with Gasteiger partial charge in [0.25, 0.3) is 5.91 Å². The lowest BCUT2D eigenvalue weighted by atomic mass is 10.1. The highest BCUT2D eigenvalue weighted by molar-refractivity contribution is 6.04. The van der Waals surface area contributed by atoms with Crippen LogP contribution < -0.4 is 16.0 Å². The molecule has 0 spiro atoms. The number of benzene rings is 2. The number of methoxy groups -OCH3 is 1. The van der Waals surface area contributed by atoms with E-state index in [1.165, 1.54) is 7.11 Å². The van der Waals surface area contributed by atoms with E-state index in [-0.39, 0.29) is 24.4 Å². The minimum Gasteiger partial charge on any atom is -0.465 e. The Labute approximate surface area is 164 Å². The Bertz CT molecular complexity index is 878. The van der Waals surface area contributed by atoms with E-state index in [1.807, 2.05) is 20.8 Å². The molecule has 2 aromatic rings. The molecule has 7 nitrogen and oxygen atoms in total. The van der Waals surface area contributed by atoms with Gasteiger partial charge in [-0.1, -0.05) is 12.1 Å². The highest BCUT2D eigenvalue weighted by Crippen LogP contribution is 2.18. The Morgan fingerprint density at radius 2 is 1.75 bits per heavy atom. The molecule has 0 radical (unpaired) electrons. The number of ether oxygens (including phenoxy) is 1. The molecule has 0 aliphatic heterocycles. The highest BCUT2D eigenvalue weighted by atomic mass is 16.5. The largest absolute Gasteiger partial charge is 0.465 e. The number of carbonyl (C=O) groups is 3. The summed E-state index contributed by atoms with van der Waals surface area (Å²) < 4.78 is 4.69. The average Bonchev–Trinajstić information content (AvgIpc) is 2.66. The van der Waals surface area contributed by atoms with Crippen LogP contribution >= 0.6 is 0 Å². The standard InChI is InChI=1S/C21H25N3O4/c1-13(2)23-20(26)16-7-5-6-8-18(16)24-19(25)12-22-17-10-9-15(11-14(17)3)21(27)28-4/h5-11,13,22H,12H2,1-4H3,(H,23,26)(H,24,25). The van der Waals surface area contributed by atoms with Gasteiger partial charge in [0, 0.05) is 11.7 Å². The van der Waals surface area contributed by atoms with Gasteiger partial charge in [0.15, 0.2) is 0 Å². The van der Waals surface area contributed by atoms with Gasteiger partial charge in [0.2, 0.25) is 5.91 Å². The fraction of sp³-hybridized carbons (Fsp3) is 0.286. The third-order valence-electron chi connectivity index (χ3n) is 3.95. The third-order valence-corrected chi connectivity index (χ3v) is 3.95. The molecule has 0 atom stereocenters. The topological polar surface area (TPSA) is 96.5 Å². The minimum absolute atomic E-state index is 0.00568. The Morgan fingerprint density at radius 3 is 2.39 bits per heavy atom. The monoisotopic (exact) mass is 383 g/mol. The van der Waals surface area contributed by atoms with E-state index >= 15 is 0 Å². The summed E-state index contributed by atoms with van der Waals surface area (Å²) in [6, 6.07) is 11.9. The molecule has 0 aromatic heterocycles. The van der Waals surface area contributed by atoms with Crippen LogP contribution in [0.3, 0.4) is 0 Å². The Hall–Kier alpha value is -3.35. The number of esters is 1. The molecule has 0 saturated heterocycles. The smallest absolute Gasteiger partial charge is 0.337 e. The van der Waals surface area contributed by atoms with Crippen molar-refractivity contribution in [1.82, 2.24) is 5.32 Å². The number of nitrogens with one attached hydrogen (secondary N) is 3. The molecule has 0 bridgehead atoms. The molecule has 148 valence electrons. The summed E-state index contributed by atoms with van der Waals surface area (Å²) in [7, 11) is 1.33. The third kappa shape index (κ3) is 5.57. The second-order valence-corrected chi connectivity index (χ2v) is 6.60. The van der Waals surface area contributed by atoms with E-state index in [2.05, 4.69) is 16.0 Å². The van der Waals surface area contributed by atoms with Gasteiger partial charge in [0.1, 0.15) is 0 Å². The van der Waals surface area contributed by atoms with Crippen LogP contribution in [0.5, 0.6) is 0 Å². The molecule has 0 saturated carbocycles. The second-order valence-electron chi connectivity index (χ2n) is 6.60. The molecule has 0 aliphatic rings. The fourth-order valence-electron chi connectivity index (χ4n) is 2.61. The quantitative estimate of drug-likeness (QED) is 0.639. The van der Waals surface area contributed by atoms with Gasteiger partial charge >= 0.3 is 5.97 Å². The molecule has 0 aliphatic carbocycles. The fourth-order valence-corrected chi connectivity index (χ4v) is 2.61. The van der Waals surface area contributed by atoms with E-state index in [0.29, 0.717) is 16.8 Å². The number of rotatable bonds is 7. The minimum atomic E-state index is -0.413. The summed E-state index contributed by atoms with van der Waals surface area (Å²) in [5.74, 6) is -0.946. The zero-order chi connectivity index (χ0) is 20.7. The number of para-hydroxylation sites is 1. The summed E-state index contributed by atoms with van der Waals surface area (Å²) in [5.41, 5.74) is 2.84. The maximum Gasteiger partial charge on any atom is 0.337 e. The van der Waals surface area contributed by atoms with Gasteiger partial charge in [-0.2, -0.15) is 0 Å². The van der Waals surface area contributed by atoms with Crippen LogP contribution in [0, 0.1) is 6.92 Å². The molecule has 7 heteroatoms. The van der Waals surface area contributed by atoms with Crippen molar-refractivity contribution < 1.29 is 19.1 Å². The van der Waals surface area contributed by atoms with Crippen LogP contribution in [0.2, 0.25) is 0 Å². The highest BCUT2D eigenvalue weighted by Gasteiger charge is 2.14. The van der Waals surface area contributed by atoms with Crippen molar-refractivity contribution in [2.24, 2.45) is 0 Å². The van der Waals surface area contributed by atoms with E-state index in [9.17, 15) is 14.4 Å². The van der Waals surface area contributed by atoms with Crippen molar-refractivity contribution >= 4 is 29.2 Å². The van der Waals surface area contributed by atoms with Crippen molar-refractivity contribution in [2.45, 2.75) is 26.8 Å². The molecule has 0 unspecified atom stereocenters. The summed E-state index contributed by atoms with van der Waals surface area (Å²) in [6.45, 7) is 5.59. The van der Waals surface area contributed by atoms with E-state index in [4.69, 9.17) is 4.74 Å². The molecular weight excluding hydrogens is 358 g/mol. The van der Waals surface area contributed by atoms with E-state index in [1.54, 1.807) is 42.5 Å². The van der Waals surface area contributed by atoms with Gasteiger partial charge in [0.05, 0.1) is 30.5 Å².